The summed E-state index contributed by atoms with van der Waals surface area (Å²) in [5, 5.41) is 2.99. The summed E-state index contributed by atoms with van der Waals surface area (Å²) < 4.78 is 4.76. The van der Waals surface area contributed by atoms with Gasteiger partial charge in [-0.15, -0.1) is 0 Å². The van der Waals surface area contributed by atoms with Crippen LogP contribution < -0.4 is 5.32 Å². The Morgan fingerprint density at radius 1 is 1.00 bits per heavy atom. The molecule has 0 bridgehead atoms. The van der Waals surface area contributed by atoms with E-state index in [0.717, 1.165) is 18.4 Å². The van der Waals surface area contributed by atoms with Gasteiger partial charge < -0.3 is 10.1 Å². The number of carbonyl (C=O) groups is 2. The Hall–Kier alpha value is -2.62. The molecule has 1 N–H and O–H groups in total. The van der Waals surface area contributed by atoms with E-state index in [4.69, 9.17) is 4.74 Å². The molecule has 2 aromatic rings. The molecule has 1 aliphatic carbocycles. The molecule has 1 aliphatic rings. The first-order valence-electron chi connectivity index (χ1n) is 8.70. The molecule has 1 amide bonds. The predicted molar refractivity (Wildman–Crippen MR) is 96.7 cm³/mol. The van der Waals surface area contributed by atoms with Crippen LogP contribution in [0, 0.1) is 0 Å². The van der Waals surface area contributed by atoms with Crippen molar-refractivity contribution in [1.29, 1.82) is 0 Å². The smallest absolute Gasteiger partial charge is 0.338 e. The second-order valence-electron chi connectivity index (χ2n) is 6.47. The quantitative estimate of drug-likeness (QED) is 0.862. The SMILES string of the molecule is COC(=O)c1ccccc1C(=O)NC(C)c1ccc2c(c1)CCCC2. The summed E-state index contributed by atoms with van der Waals surface area (Å²) in [6.45, 7) is 1.96. The number of hydrogen-bond donors (Lipinski definition) is 1. The monoisotopic (exact) mass is 337 g/mol. The molecule has 1 atom stereocenters. The minimum absolute atomic E-state index is 0.134. The molecule has 0 spiro atoms. The molecule has 0 saturated heterocycles. The van der Waals surface area contributed by atoms with E-state index in [1.54, 1.807) is 24.3 Å². The van der Waals surface area contributed by atoms with Crippen LogP contribution in [0.25, 0.3) is 0 Å². The van der Waals surface area contributed by atoms with Crippen LogP contribution in [-0.2, 0) is 17.6 Å². The van der Waals surface area contributed by atoms with E-state index in [2.05, 4.69) is 23.5 Å². The Morgan fingerprint density at radius 3 is 2.40 bits per heavy atom. The number of aryl methyl sites for hydroxylation is 2. The summed E-state index contributed by atoms with van der Waals surface area (Å²) in [5.41, 5.74) is 4.51. The standard InChI is InChI=1S/C21H23NO3/c1-14(16-12-11-15-7-3-4-8-17(15)13-16)22-20(23)18-9-5-6-10-19(18)21(24)25-2/h5-6,9-14H,3-4,7-8H2,1-2H3,(H,22,23). The van der Waals surface area contributed by atoms with Crippen LogP contribution >= 0.6 is 0 Å². The van der Waals surface area contributed by atoms with Gasteiger partial charge in [-0.3, -0.25) is 4.79 Å². The zero-order valence-corrected chi connectivity index (χ0v) is 14.7. The number of hydrogen-bond acceptors (Lipinski definition) is 3. The minimum Gasteiger partial charge on any atom is -0.465 e. The van der Waals surface area contributed by atoms with Crippen LogP contribution in [0.3, 0.4) is 0 Å². The van der Waals surface area contributed by atoms with Gasteiger partial charge >= 0.3 is 5.97 Å². The van der Waals surface area contributed by atoms with Gasteiger partial charge in [-0.2, -0.15) is 0 Å². The predicted octanol–water partition coefficient (Wildman–Crippen LogP) is 3.84. The fourth-order valence-electron chi connectivity index (χ4n) is 3.35. The lowest BCUT2D eigenvalue weighted by Gasteiger charge is -2.20. The third kappa shape index (κ3) is 3.73. The first-order chi connectivity index (χ1) is 12.1. The second kappa shape index (κ2) is 7.51. The lowest BCUT2D eigenvalue weighted by Crippen LogP contribution is -2.28. The minimum atomic E-state index is -0.507. The van der Waals surface area contributed by atoms with E-state index in [1.165, 1.54) is 31.1 Å². The third-order valence-electron chi connectivity index (χ3n) is 4.80. The molecule has 0 heterocycles. The van der Waals surface area contributed by atoms with Crippen LogP contribution in [0.2, 0.25) is 0 Å². The number of methoxy groups -OCH3 is 1. The third-order valence-corrected chi connectivity index (χ3v) is 4.80. The van der Waals surface area contributed by atoms with Crippen molar-refractivity contribution in [2.24, 2.45) is 0 Å². The average molecular weight is 337 g/mol. The lowest BCUT2D eigenvalue weighted by molar-refractivity contribution is 0.0596. The molecule has 2 aromatic carbocycles. The van der Waals surface area contributed by atoms with E-state index < -0.39 is 5.97 Å². The molecule has 4 nitrogen and oxygen atoms in total. The first-order valence-corrected chi connectivity index (χ1v) is 8.70. The van der Waals surface area contributed by atoms with E-state index in [-0.39, 0.29) is 17.5 Å². The lowest BCUT2D eigenvalue weighted by atomic mass is 9.89. The van der Waals surface area contributed by atoms with E-state index in [0.29, 0.717) is 5.56 Å². The Morgan fingerprint density at radius 2 is 1.68 bits per heavy atom. The molecule has 0 aliphatic heterocycles. The maximum atomic E-state index is 12.6. The largest absolute Gasteiger partial charge is 0.465 e. The Kier molecular flexibility index (Phi) is 5.17. The number of fused-ring (bicyclic) bond motifs is 1. The Bertz CT molecular complexity index is 797. The zero-order valence-electron chi connectivity index (χ0n) is 14.7. The zero-order chi connectivity index (χ0) is 17.8. The number of carbonyl (C=O) groups excluding carboxylic acids is 2. The van der Waals surface area contributed by atoms with Crippen LogP contribution in [0.15, 0.2) is 42.5 Å². The van der Waals surface area contributed by atoms with Gasteiger partial charge in [0.2, 0.25) is 0 Å². The molecular formula is C21H23NO3. The van der Waals surface area contributed by atoms with Gasteiger partial charge in [-0.25, -0.2) is 4.79 Å². The summed E-state index contributed by atoms with van der Waals surface area (Å²) in [7, 11) is 1.31. The summed E-state index contributed by atoms with van der Waals surface area (Å²) in [6.07, 6.45) is 4.73. The second-order valence-corrected chi connectivity index (χ2v) is 6.47. The highest BCUT2D eigenvalue weighted by molar-refractivity contribution is 6.05. The number of ether oxygens (including phenoxy) is 1. The summed E-state index contributed by atoms with van der Waals surface area (Å²) in [6, 6.07) is 13.0. The molecule has 0 aromatic heterocycles. The molecule has 3 rings (SSSR count). The van der Waals surface area contributed by atoms with Crippen molar-refractivity contribution in [3.05, 3.63) is 70.3 Å². The van der Waals surface area contributed by atoms with Gasteiger partial charge in [0.25, 0.3) is 5.91 Å². The maximum Gasteiger partial charge on any atom is 0.338 e. The van der Waals surface area contributed by atoms with Crippen LogP contribution in [0.5, 0.6) is 0 Å². The Balaban J connectivity index is 1.78. The average Bonchev–Trinajstić information content (AvgIpc) is 2.66. The van der Waals surface area contributed by atoms with Crippen molar-refractivity contribution in [3.63, 3.8) is 0 Å². The number of esters is 1. The van der Waals surface area contributed by atoms with Crippen LogP contribution in [-0.4, -0.2) is 19.0 Å². The van der Waals surface area contributed by atoms with Gasteiger partial charge in [0.05, 0.1) is 24.3 Å². The van der Waals surface area contributed by atoms with E-state index >= 15 is 0 Å². The first kappa shape index (κ1) is 17.2. The van der Waals surface area contributed by atoms with Crippen molar-refractivity contribution >= 4 is 11.9 Å². The summed E-state index contributed by atoms with van der Waals surface area (Å²) >= 11 is 0. The van der Waals surface area contributed by atoms with E-state index in [9.17, 15) is 9.59 Å². The van der Waals surface area contributed by atoms with Crippen molar-refractivity contribution in [3.8, 4) is 0 Å². The topological polar surface area (TPSA) is 55.4 Å². The van der Waals surface area contributed by atoms with Gasteiger partial charge in [0.15, 0.2) is 0 Å². The van der Waals surface area contributed by atoms with Crippen LogP contribution in [0.1, 0.15) is 63.2 Å². The number of benzene rings is 2. The van der Waals surface area contributed by atoms with Gasteiger partial charge in [0.1, 0.15) is 0 Å². The highest BCUT2D eigenvalue weighted by Gasteiger charge is 2.19. The van der Waals surface area contributed by atoms with Crippen molar-refractivity contribution < 1.29 is 14.3 Å². The fourth-order valence-corrected chi connectivity index (χ4v) is 3.35. The molecule has 4 heteroatoms. The highest BCUT2D eigenvalue weighted by atomic mass is 16.5. The van der Waals surface area contributed by atoms with Gasteiger partial charge in [0, 0.05) is 0 Å². The molecule has 130 valence electrons. The molecule has 0 radical (unpaired) electrons. The van der Waals surface area contributed by atoms with Gasteiger partial charge in [-0.1, -0.05) is 30.3 Å². The molecule has 0 fully saturated rings. The van der Waals surface area contributed by atoms with E-state index in [1.807, 2.05) is 6.92 Å². The van der Waals surface area contributed by atoms with Crippen molar-refractivity contribution in [2.45, 2.75) is 38.6 Å². The number of amides is 1. The van der Waals surface area contributed by atoms with Crippen molar-refractivity contribution in [2.75, 3.05) is 7.11 Å². The Labute approximate surface area is 148 Å². The molecule has 1 unspecified atom stereocenters. The molecular weight excluding hydrogens is 314 g/mol. The normalized spacial score (nSPS) is 14.3. The highest BCUT2D eigenvalue weighted by Crippen LogP contribution is 2.25. The van der Waals surface area contributed by atoms with Crippen molar-refractivity contribution in [1.82, 2.24) is 5.32 Å². The fraction of sp³-hybridized carbons (Fsp3) is 0.333. The van der Waals surface area contributed by atoms with Gasteiger partial charge in [-0.05, 0) is 61.4 Å². The molecule has 0 saturated carbocycles. The number of rotatable bonds is 4. The summed E-state index contributed by atoms with van der Waals surface area (Å²) in [4.78, 5) is 24.5. The molecule has 25 heavy (non-hydrogen) atoms. The number of nitrogens with one attached hydrogen (secondary N) is 1. The summed E-state index contributed by atoms with van der Waals surface area (Å²) in [5.74, 6) is -0.779. The maximum absolute atomic E-state index is 12.6. The van der Waals surface area contributed by atoms with Crippen LogP contribution in [0.4, 0.5) is 0 Å².